The van der Waals surface area contributed by atoms with Crippen LogP contribution >= 0.6 is 31.9 Å². The number of rotatable bonds is 12. The molecule has 0 bridgehead atoms. The van der Waals surface area contributed by atoms with Crippen LogP contribution in [0.3, 0.4) is 0 Å². The Morgan fingerprint density at radius 3 is 0.759 bits per heavy atom. The molecule has 7 rings (SSSR count). The van der Waals surface area contributed by atoms with Crippen LogP contribution in [0.5, 0.6) is 46.0 Å². The van der Waals surface area contributed by atoms with Gasteiger partial charge in [0.05, 0.1) is 19.6 Å². The molecule has 0 aliphatic rings. The zero-order valence-electron chi connectivity index (χ0n) is 28.0. The summed E-state index contributed by atoms with van der Waals surface area (Å²) in [6.45, 7) is 0. The monoisotopic (exact) mass is 882 g/mol. The van der Waals surface area contributed by atoms with E-state index in [1.165, 1.54) is 48.5 Å². The Morgan fingerprint density at radius 1 is 0.296 bits per heavy atom. The highest BCUT2D eigenvalue weighted by molar-refractivity contribution is 9.10. The van der Waals surface area contributed by atoms with Gasteiger partial charge in [0.25, 0.3) is 0 Å². The van der Waals surface area contributed by atoms with Gasteiger partial charge in [-0.2, -0.15) is 0 Å². The van der Waals surface area contributed by atoms with Crippen LogP contribution in [-0.4, -0.2) is 16.8 Å². The van der Waals surface area contributed by atoms with Crippen molar-refractivity contribution in [1.82, 2.24) is 0 Å². The van der Waals surface area contributed by atoms with Crippen LogP contribution < -0.4 is 18.9 Å². The highest BCUT2D eigenvalue weighted by Gasteiger charge is 2.19. The Balaban J connectivity index is 0.937. The van der Waals surface area contributed by atoms with Gasteiger partial charge in [-0.05, 0) is 158 Å². The van der Waals surface area contributed by atoms with Crippen molar-refractivity contribution in [2.75, 3.05) is 0 Å². The number of sulfone groups is 2. The van der Waals surface area contributed by atoms with Gasteiger partial charge in [-0.3, -0.25) is 0 Å². The lowest BCUT2D eigenvalue weighted by molar-refractivity contribution is 0.469. The molecular weight excluding hydrogens is 856 g/mol. The second-order valence-electron chi connectivity index (χ2n) is 11.7. The average molecular weight is 885 g/mol. The van der Waals surface area contributed by atoms with Crippen LogP contribution in [0.2, 0.25) is 0 Å². The Labute approximate surface area is 329 Å². The zero-order chi connectivity index (χ0) is 37.7. The van der Waals surface area contributed by atoms with E-state index in [0.717, 1.165) is 8.95 Å². The van der Waals surface area contributed by atoms with Crippen LogP contribution in [0, 0.1) is 0 Å². The summed E-state index contributed by atoms with van der Waals surface area (Å²) in [5, 5.41) is 0. The van der Waals surface area contributed by atoms with E-state index in [4.69, 9.17) is 18.9 Å². The van der Waals surface area contributed by atoms with Crippen molar-refractivity contribution >= 4 is 51.5 Å². The minimum atomic E-state index is -3.77. The van der Waals surface area contributed by atoms with E-state index in [0.29, 0.717) is 46.0 Å². The SMILES string of the molecule is O=S(=O)(c1ccc(Oc2ccc(Oc3ccc(S(=O)(=O)c4ccc(Oc5cccc(Br)c5)cc4)cc3)cc2)cc1)c1ccc(Oc2cccc(Br)c2)cc1. The van der Waals surface area contributed by atoms with Gasteiger partial charge < -0.3 is 18.9 Å². The highest BCUT2D eigenvalue weighted by atomic mass is 79.9. The third-order valence-corrected chi connectivity index (χ3v) is 12.5. The molecule has 7 aromatic carbocycles. The summed E-state index contributed by atoms with van der Waals surface area (Å²) in [6.07, 6.45) is 0. The van der Waals surface area contributed by atoms with Crippen LogP contribution in [0.4, 0.5) is 0 Å². The predicted octanol–water partition coefficient (Wildman–Crippen LogP) is 12.0. The van der Waals surface area contributed by atoms with Gasteiger partial charge in [0.1, 0.15) is 46.0 Å². The fourth-order valence-corrected chi connectivity index (χ4v) is 8.48. The maximum atomic E-state index is 13.3. The first-order chi connectivity index (χ1) is 26.0. The molecule has 0 fully saturated rings. The molecule has 0 aromatic heterocycles. The molecule has 0 N–H and O–H groups in total. The van der Waals surface area contributed by atoms with Gasteiger partial charge in [-0.25, -0.2) is 16.8 Å². The third kappa shape index (κ3) is 8.86. The molecule has 0 aliphatic carbocycles. The summed E-state index contributed by atoms with van der Waals surface area (Å²) in [5.74, 6) is 4.19. The van der Waals surface area contributed by atoms with Gasteiger partial charge in [0.15, 0.2) is 0 Å². The Kier molecular flexibility index (Phi) is 10.9. The summed E-state index contributed by atoms with van der Waals surface area (Å²) in [4.78, 5) is 0.521. The highest BCUT2D eigenvalue weighted by Crippen LogP contribution is 2.32. The Morgan fingerprint density at radius 2 is 0.519 bits per heavy atom. The molecule has 0 aliphatic heterocycles. The summed E-state index contributed by atoms with van der Waals surface area (Å²) >= 11 is 6.81. The minimum Gasteiger partial charge on any atom is -0.457 e. The van der Waals surface area contributed by atoms with Gasteiger partial charge in [0, 0.05) is 8.95 Å². The maximum absolute atomic E-state index is 13.3. The Bertz CT molecular complexity index is 2430. The number of hydrogen-bond donors (Lipinski definition) is 0. The zero-order valence-corrected chi connectivity index (χ0v) is 32.8. The molecule has 7 aromatic rings. The lowest BCUT2D eigenvalue weighted by Crippen LogP contribution is -2.02. The fraction of sp³-hybridized carbons (Fsp3) is 0. The number of hydrogen-bond acceptors (Lipinski definition) is 8. The molecule has 0 heterocycles. The smallest absolute Gasteiger partial charge is 0.206 e. The molecule has 0 unspecified atom stereocenters. The fourth-order valence-electron chi connectivity index (χ4n) is 5.20. The second kappa shape index (κ2) is 15.9. The summed E-state index contributed by atoms with van der Waals surface area (Å²) in [7, 11) is -7.55. The maximum Gasteiger partial charge on any atom is 0.206 e. The largest absolute Gasteiger partial charge is 0.457 e. The molecule has 12 heteroatoms. The first-order valence-electron chi connectivity index (χ1n) is 16.2. The van der Waals surface area contributed by atoms with Crippen molar-refractivity contribution < 1.29 is 35.8 Å². The van der Waals surface area contributed by atoms with E-state index in [1.807, 2.05) is 48.5 Å². The average Bonchev–Trinajstić information content (AvgIpc) is 3.17. The topological polar surface area (TPSA) is 105 Å². The lowest BCUT2D eigenvalue weighted by atomic mass is 10.3. The van der Waals surface area contributed by atoms with Crippen molar-refractivity contribution in [3.63, 3.8) is 0 Å². The number of benzene rings is 7. The number of ether oxygens (including phenoxy) is 4. The van der Waals surface area contributed by atoms with E-state index in [1.54, 1.807) is 72.8 Å². The van der Waals surface area contributed by atoms with Crippen LogP contribution in [0.1, 0.15) is 0 Å². The third-order valence-electron chi connectivity index (χ3n) is 7.89. The molecule has 0 atom stereocenters. The van der Waals surface area contributed by atoms with E-state index >= 15 is 0 Å². The van der Waals surface area contributed by atoms with Crippen molar-refractivity contribution in [3.05, 3.63) is 179 Å². The van der Waals surface area contributed by atoms with Crippen molar-refractivity contribution in [3.8, 4) is 46.0 Å². The van der Waals surface area contributed by atoms with Crippen LogP contribution in [0.25, 0.3) is 0 Å². The molecular formula is C42H28Br2O8S2. The molecule has 8 nitrogen and oxygen atoms in total. The van der Waals surface area contributed by atoms with Crippen molar-refractivity contribution in [1.29, 1.82) is 0 Å². The molecule has 270 valence electrons. The number of halogens is 2. The first kappa shape index (κ1) is 36.9. The van der Waals surface area contributed by atoms with Crippen molar-refractivity contribution in [2.45, 2.75) is 19.6 Å². The summed E-state index contributed by atoms with van der Waals surface area (Å²) < 4.78 is 78.3. The molecule has 0 spiro atoms. The van der Waals surface area contributed by atoms with Crippen molar-refractivity contribution in [2.24, 2.45) is 0 Å². The molecule has 0 amide bonds. The summed E-state index contributed by atoms with van der Waals surface area (Å²) in [6, 6.07) is 46.4. The van der Waals surface area contributed by atoms with Gasteiger partial charge in [0.2, 0.25) is 19.7 Å². The predicted molar refractivity (Wildman–Crippen MR) is 212 cm³/mol. The molecule has 0 saturated carbocycles. The molecule has 0 saturated heterocycles. The van der Waals surface area contributed by atoms with Gasteiger partial charge in [-0.15, -0.1) is 0 Å². The normalized spacial score (nSPS) is 11.4. The Hall–Kier alpha value is -5.40. The van der Waals surface area contributed by atoms with Crippen LogP contribution in [0.15, 0.2) is 198 Å². The van der Waals surface area contributed by atoms with E-state index in [9.17, 15) is 16.8 Å². The first-order valence-corrected chi connectivity index (χ1v) is 20.8. The second-order valence-corrected chi connectivity index (χ2v) is 17.4. The lowest BCUT2D eigenvalue weighted by Gasteiger charge is -2.11. The molecule has 0 radical (unpaired) electrons. The van der Waals surface area contributed by atoms with Gasteiger partial charge in [-0.1, -0.05) is 44.0 Å². The van der Waals surface area contributed by atoms with E-state index in [2.05, 4.69) is 31.9 Å². The van der Waals surface area contributed by atoms with Gasteiger partial charge >= 0.3 is 0 Å². The van der Waals surface area contributed by atoms with E-state index < -0.39 is 19.7 Å². The minimum absolute atomic E-state index is 0.123. The quantitative estimate of drug-likeness (QED) is 0.119. The molecule has 54 heavy (non-hydrogen) atoms. The summed E-state index contributed by atoms with van der Waals surface area (Å²) in [5.41, 5.74) is 0. The van der Waals surface area contributed by atoms with Crippen LogP contribution in [-0.2, 0) is 19.7 Å². The standard InChI is InChI=1S/C42H28Br2O8S2/c43-29-3-1-5-37(27-29)51-35-15-23-41(24-16-35)53(45,46)39-19-11-33(12-20-39)49-31-7-9-32(10-8-31)50-34-13-21-40(22-14-34)54(47,48)42-25-17-36(18-26-42)52-38-6-2-4-30(44)28-38/h1-28H. The van der Waals surface area contributed by atoms with E-state index in [-0.39, 0.29) is 19.6 Å².